The summed E-state index contributed by atoms with van der Waals surface area (Å²) in [6, 6.07) is 0. The zero-order chi connectivity index (χ0) is 9.68. The molecule has 0 radical (unpaired) electrons. The summed E-state index contributed by atoms with van der Waals surface area (Å²) in [6.07, 6.45) is 4.82. The van der Waals surface area contributed by atoms with E-state index in [1.165, 1.54) is 0 Å². The first-order valence-electron chi connectivity index (χ1n) is 5.08. The van der Waals surface area contributed by atoms with Gasteiger partial charge in [-0.05, 0) is 25.7 Å². The Morgan fingerprint density at radius 2 is 2.31 bits per heavy atom. The molecule has 0 aromatic carbocycles. The number of hydrogen-bond acceptors (Lipinski definition) is 2. The van der Waals surface area contributed by atoms with Gasteiger partial charge in [0, 0.05) is 6.61 Å². The molecule has 0 saturated heterocycles. The summed E-state index contributed by atoms with van der Waals surface area (Å²) in [5, 5.41) is 8.75. The summed E-state index contributed by atoms with van der Waals surface area (Å²) in [5.41, 5.74) is 0. The summed E-state index contributed by atoms with van der Waals surface area (Å²) in [5.74, 6) is -0.826. The maximum absolute atomic E-state index is 10.6. The molecule has 1 aliphatic carbocycles. The summed E-state index contributed by atoms with van der Waals surface area (Å²) < 4.78 is 5.56. The summed E-state index contributed by atoms with van der Waals surface area (Å²) in [4.78, 5) is 10.6. The fraction of sp³-hybridized carbons (Fsp3) is 0.900. The van der Waals surface area contributed by atoms with Crippen molar-refractivity contribution in [2.75, 3.05) is 6.61 Å². The number of carbonyl (C=O) groups is 1. The topological polar surface area (TPSA) is 46.5 Å². The molecule has 0 aliphatic heterocycles. The first-order valence-corrected chi connectivity index (χ1v) is 5.08. The maximum atomic E-state index is 10.6. The van der Waals surface area contributed by atoms with Crippen LogP contribution in [0.25, 0.3) is 0 Å². The first kappa shape index (κ1) is 10.5. The standard InChI is InChI=1S/C10H18O3/c1-2-3-6-13-9-5-4-8(7-9)10(11)12/h8-9H,2-7H2,1H3,(H,11,12). The number of ether oxygens (including phenoxy) is 1. The molecule has 1 aliphatic rings. The third kappa shape index (κ3) is 3.35. The Morgan fingerprint density at radius 1 is 1.54 bits per heavy atom. The molecule has 13 heavy (non-hydrogen) atoms. The fourth-order valence-corrected chi connectivity index (χ4v) is 1.71. The molecular formula is C10H18O3. The van der Waals surface area contributed by atoms with Crippen LogP contribution in [0.4, 0.5) is 0 Å². The zero-order valence-corrected chi connectivity index (χ0v) is 8.16. The normalized spacial score (nSPS) is 27.8. The van der Waals surface area contributed by atoms with Gasteiger partial charge >= 0.3 is 5.97 Å². The highest BCUT2D eigenvalue weighted by molar-refractivity contribution is 5.70. The molecule has 76 valence electrons. The van der Waals surface area contributed by atoms with Gasteiger partial charge in [-0.3, -0.25) is 4.79 Å². The van der Waals surface area contributed by atoms with Crippen molar-refractivity contribution >= 4 is 5.97 Å². The molecule has 0 aromatic rings. The highest BCUT2D eigenvalue weighted by Crippen LogP contribution is 2.27. The Morgan fingerprint density at radius 3 is 2.85 bits per heavy atom. The molecule has 0 bridgehead atoms. The summed E-state index contributed by atoms with van der Waals surface area (Å²) in [6.45, 7) is 2.91. The number of hydrogen-bond donors (Lipinski definition) is 1. The number of carboxylic acid groups (broad SMARTS) is 1. The van der Waals surface area contributed by atoms with Crippen LogP contribution in [0.1, 0.15) is 39.0 Å². The number of rotatable bonds is 5. The van der Waals surface area contributed by atoms with E-state index in [1.54, 1.807) is 0 Å². The second-order valence-corrected chi connectivity index (χ2v) is 3.69. The average Bonchev–Trinajstić information content (AvgIpc) is 2.53. The van der Waals surface area contributed by atoms with Crippen molar-refractivity contribution in [1.29, 1.82) is 0 Å². The number of aliphatic carboxylic acids is 1. The van der Waals surface area contributed by atoms with E-state index in [1.807, 2.05) is 0 Å². The molecular weight excluding hydrogens is 168 g/mol. The highest BCUT2D eigenvalue weighted by atomic mass is 16.5. The van der Waals surface area contributed by atoms with Crippen molar-refractivity contribution in [3.8, 4) is 0 Å². The van der Waals surface area contributed by atoms with E-state index in [9.17, 15) is 4.79 Å². The Balaban J connectivity index is 2.14. The quantitative estimate of drug-likeness (QED) is 0.668. The van der Waals surface area contributed by atoms with E-state index in [0.29, 0.717) is 6.42 Å². The molecule has 3 heteroatoms. The van der Waals surface area contributed by atoms with E-state index < -0.39 is 5.97 Å². The molecule has 1 fully saturated rings. The van der Waals surface area contributed by atoms with Crippen LogP contribution < -0.4 is 0 Å². The molecule has 1 N–H and O–H groups in total. The van der Waals surface area contributed by atoms with Crippen LogP contribution in [0.5, 0.6) is 0 Å². The fourth-order valence-electron chi connectivity index (χ4n) is 1.71. The van der Waals surface area contributed by atoms with E-state index in [2.05, 4.69) is 6.92 Å². The Hall–Kier alpha value is -0.570. The SMILES string of the molecule is CCCCOC1CCC(C(=O)O)C1. The lowest BCUT2D eigenvalue weighted by Crippen LogP contribution is -2.13. The minimum absolute atomic E-state index is 0.161. The third-order valence-electron chi connectivity index (χ3n) is 2.59. The van der Waals surface area contributed by atoms with Crippen molar-refractivity contribution in [1.82, 2.24) is 0 Å². The van der Waals surface area contributed by atoms with E-state index in [-0.39, 0.29) is 12.0 Å². The van der Waals surface area contributed by atoms with Crippen LogP contribution >= 0.6 is 0 Å². The Kier molecular flexibility index (Phi) is 4.22. The molecule has 0 heterocycles. The largest absolute Gasteiger partial charge is 0.481 e. The molecule has 1 saturated carbocycles. The maximum Gasteiger partial charge on any atom is 0.306 e. The number of carboxylic acids is 1. The van der Waals surface area contributed by atoms with Gasteiger partial charge in [-0.15, -0.1) is 0 Å². The van der Waals surface area contributed by atoms with Crippen LogP contribution in [0.3, 0.4) is 0 Å². The van der Waals surface area contributed by atoms with Crippen LogP contribution in [-0.2, 0) is 9.53 Å². The summed E-state index contributed by atoms with van der Waals surface area (Å²) in [7, 11) is 0. The highest BCUT2D eigenvalue weighted by Gasteiger charge is 2.29. The van der Waals surface area contributed by atoms with E-state index >= 15 is 0 Å². The Bertz CT molecular complexity index is 168. The molecule has 2 atom stereocenters. The molecule has 3 nitrogen and oxygen atoms in total. The van der Waals surface area contributed by atoms with Gasteiger partial charge in [-0.2, -0.15) is 0 Å². The lowest BCUT2D eigenvalue weighted by Gasteiger charge is -2.10. The van der Waals surface area contributed by atoms with Gasteiger partial charge in [-0.1, -0.05) is 13.3 Å². The van der Waals surface area contributed by atoms with Crippen LogP contribution in [0.15, 0.2) is 0 Å². The predicted molar refractivity (Wildman–Crippen MR) is 49.6 cm³/mol. The molecule has 2 unspecified atom stereocenters. The monoisotopic (exact) mass is 186 g/mol. The lowest BCUT2D eigenvalue weighted by atomic mass is 10.1. The molecule has 0 aromatic heterocycles. The van der Waals surface area contributed by atoms with Crippen molar-refractivity contribution in [3.05, 3.63) is 0 Å². The summed E-state index contributed by atoms with van der Waals surface area (Å²) >= 11 is 0. The molecule has 1 rings (SSSR count). The molecule has 0 spiro atoms. The van der Waals surface area contributed by atoms with Crippen LogP contribution in [0.2, 0.25) is 0 Å². The van der Waals surface area contributed by atoms with Crippen molar-refractivity contribution in [2.24, 2.45) is 5.92 Å². The zero-order valence-electron chi connectivity index (χ0n) is 8.16. The van der Waals surface area contributed by atoms with Gasteiger partial charge in [0.15, 0.2) is 0 Å². The van der Waals surface area contributed by atoms with Crippen molar-refractivity contribution in [2.45, 2.75) is 45.1 Å². The smallest absolute Gasteiger partial charge is 0.306 e. The molecule has 0 amide bonds. The second-order valence-electron chi connectivity index (χ2n) is 3.69. The van der Waals surface area contributed by atoms with Crippen molar-refractivity contribution < 1.29 is 14.6 Å². The number of unbranched alkanes of at least 4 members (excludes halogenated alkanes) is 1. The van der Waals surface area contributed by atoms with Crippen LogP contribution in [-0.4, -0.2) is 23.8 Å². The predicted octanol–water partition coefficient (Wildman–Crippen LogP) is 2.06. The lowest BCUT2D eigenvalue weighted by molar-refractivity contribution is -0.141. The van der Waals surface area contributed by atoms with E-state index in [4.69, 9.17) is 9.84 Å². The van der Waals surface area contributed by atoms with Gasteiger partial charge in [0.25, 0.3) is 0 Å². The second kappa shape index (κ2) is 5.22. The van der Waals surface area contributed by atoms with E-state index in [0.717, 1.165) is 32.3 Å². The minimum atomic E-state index is -0.665. The van der Waals surface area contributed by atoms with Gasteiger partial charge in [-0.25, -0.2) is 0 Å². The Labute approximate surface area is 79.1 Å². The van der Waals surface area contributed by atoms with Gasteiger partial charge in [0.05, 0.1) is 12.0 Å². The van der Waals surface area contributed by atoms with Crippen molar-refractivity contribution in [3.63, 3.8) is 0 Å². The van der Waals surface area contributed by atoms with Crippen LogP contribution in [0, 0.1) is 5.92 Å². The first-order chi connectivity index (χ1) is 6.24. The van der Waals surface area contributed by atoms with Gasteiger partial charge in [0.1, 0.15) is 0 Å². The average molecular weight is 186 g/mol. The minimum Gasteiger partial charge on any atom is -0.481 e. The third-order valence-corrected chi connectivity index (χ3v) is 2.59. The van der Waals surface area contributed by atoms with Gasteiger partial charge < -0.3 is 9.84 Å². The van der Waals surface area contributed by atoms with Gasteiger partial charge in [0.2, 0.25) is 0 Å².